The van der Waals surface area contributed by atoms with E-state index in [1.54, 1.807) is 0 Å². The third-order valence-corrected chi connectivity index (χ3v) is 3.14. The van der Waals surface area contributed by atoms with Gasteiger partial charge in [-0.05, 0) is 0 Å². The first-order valence-electron chi connectivity index (χ1n) is 4.97. The molecule has 2 heterocycles. The molecule has 1 atom stereocenters. The number of nitrogens with two attached hydrogens (primary N) is 1. The molecule has 9 nitrogen and oxygen atoms in total. The van der Waals surface area contributed by atoms with Crippen LogP contribution in [0.5, 0.6) is 0 Å². The number of rotatable bonds is 4. The number of imidazole rings is 1. The number of fused-ring (bicyclic) bond motifs is 1. The summed E-state index contributed by atoms with van der Waals surface area (Å²) in [5, 5.41) is 9.49. The van der Waals surface area contributed by atoms with Crippen molar-refractivity contribution in [1.82, 2.24) is 19.5 Å². The molecule has 0 aliphatic heterocycles. The van der Waals surface area contributed by atoms with Gasteiger partial charge in [0.05, 0.1) is 19.0 Å². The van der Waals surface area contributed by atoms with Crippen molar-refractivity contribution in [3.8, 4) is 0 Å². The van der Waals surface area contributed by atoms with Gasteiger partial charge in [0.1, 0.15) is 11.8 Å². The van der Waals surface area contributed by atoms with Crippen molar-refractivity contribution in [2.24, 2.45) is 0 Å². The molecule has 0 saturated heterocycles. The third-order valence-electron chi connectivity index (χ3n) is 2.27. The molecule has 0 radical (unpaired) electrons. The van der Waals surface area contributed by atoms with E-state index in [-0.39, 0.29) is 71.5 Å². The first-order chi connectivity index (χ1) is 8.37. The van der Waals surface area contributed by atoms with Gasteiger partial charge in [0.2, 0.25) is 0 Å². The van der Waals surface area contributed by atoms with E-state index in [2.05, 4.69) is 15.0 Å². The first kappa shape index (κ1) is 20.5. The van der Waals surface area contributed by atoms with Gasteiger partial charge in [0.15, 0.2) is 11.5 Å². The fourth-order valence-electron chi connectivity index (χ4n) is 1.58. The number of nitrogens with zero attached hydrogens (tertiary/aromatic N) is 4. The Morgan fingerprint density at radius 2 is 2.00 bits per heavy atom. The Bertz CT molecular complexity index is 618. The van der Waals surface area contributed by atoms with Gasteiger partial charge in [0.25, 0.3) is 0 Å². The molecule has 2 aromatic heterocycles. The Hall–Kier alpha value is 0.460. The van der Waals surface area contributed by atoms with Crippen LogP contribution in [0.1, 0.15) is 0 Å². The van der Waals surface area contributed by atoms with Gasteiger partial charge in [0, 0.05) is 6.16 Å². The maximum absolute atomic E-state index is 10.5. The fourth-order valence-corrected chi connectivity index (χ4v) is 2.21. The molecule has 3 N–H and O–H groups in total. The maximum atomic E-state index is 10.5. The molecule has 2 aromatic rings. The van der Waals surface area contributed by atoms with Crippen molar-refractivity contribution in [3.05, 3.63) is 12.7 Å². The van der Waals surface area contributed by atoms with Crippen molar-refractivity contribution < 1.29 is 78.6 Å². The average Bonchev–Trinajstić information content (AvgIpc) is 2.60. The van der Waals surface area contributed by atoms with Gasteiger partial charge in [-0.2, -0.15) is 0 Å². The predicted octanol–water partition coefficient (Wildman–Crippen LogP) is -8.31. The topological polar surface area (TPSA) is 153 Å². The van der Waals surface area contributed by atoms with Crippen LogP contribution in [-0.2, 0) is 11.1 Å². The minimum Gasteiger partial charge on any atom is -0.811 e. The van der Waals surface area contributed by atoms with Gasteiger partial charge >= 0.3 is 59.1 Å². The summed E-state index contributed by atoms with van der Waals surface area (Å²) >= 11 is 0. The number of nitrogen functional groups attached to an aromatic ring is 1. The largest absolute Gasteiger partial charge is 1.00 e. The van der Waals surface area contributed by atoms with Gasteiger partial charge in [-0.25, -0.2) is 15.0 Å². The van der Waals surface area contributed by atoms with Crippen LogP contribution in [0.4, 0.5) is 5.82 Å². The zero-order chi connectivity index (χ0) is 13.3. The number of anilines is 1. The monoisotopic (exact) mass is 317 g/mol. The standard InChI is InChI=1S/C8H12N5O4P.2Na/c9-7-6-8(11-3-10-7)13(4-12-6)1-5(14)2-18(15,16)17;;/h3-5,14H,1-2H2,(H2,9,10,11)(H2,15,16,17);;/q;2*+1/p-2/t5-;;/m0../s1. The van der Waals surface area contributed by atoms with Crippen molar-refractivity contribution in [1.29, 1.82) is 0 Å². The van der Waals surface area contributed by atoms with Crippen molar-refractivity contribution in [2.45, 2.75) is 12.6 Å². The zero-order valence-electron chi connectivity index (χ0n) is 11.1. The Kier molecular flexibility index (Phi) is 8.38. The molecular weight excluding hydrogens is 307 g/mol. The zero-order valence-corrected chi connectivity index (χ0v) is 16.0. The third kappa shape index (κ3) is 5.34. The van der Waals surface area contributed by atoms with Crippen LogP contribution in [0.3, 0.4) is 0 Å². The second-order valence-corrected chi connectivity index (χ2v) is 5.36. The van der Waals surface area contributed by atoms with Gasteiger partial charge in [-0.15, -0.1) is 0 Å². The smallest absolute Gasteiger partial charge is 0.811 e. The minimum atomic E-state index is -4.75. The van der Waals surface area contributed by atoms with E-state index >= 15 is 0 Å². The van der Waals surface area contributed by atoms with E-state index < -0.39 is 19.9 Å². The summed E-state index contributed by atoms with van der Waals surface area (Å²) in [5.74, 6) is 0.187. The Balaban J connectivity index is 0.00000180. The number of aliphatic hydroxyl groups is 1. The number of aromatic nitrogens is 4. The fraction of sp³-hybridized carbons (Fsp3) is 0.375. The van der Waals surface area contributed by atoms with E-state index in [1.807, 2.05) is 0 Å². The van der Waals surface area contributed by atoms with Crippen molar-refractivity contribution >= 4 is 24.6 Å². The van der Waals surface area contributed by atoms with Crippen molar-refractivity contribution in [3.63, 3.8) is 0 Å². The van der Waals surface area contributed by atoms with E-state index in [0.29, 0.717) is 11.2 Å². The Morgan fingerprint density at radius 1 is 1.35 bits per heavy atom. The van der Waals surface area contributed by atoms with E-state index in [4.69, 9.17) is 5.73 Å². The van der Waals surface area contributed by atoms with Gasteiger partial charge < -0.3 is 29.8 Å². The predicted molar refractivity (Wildman–Crippen MR) is 58.2 cm³/mol. The molecule has 0 aromatic carbocycles. The second-order valence-electron chi connectivity index (χ2n) is 3.78. The molecule has 0 saturated carbocycles. The van der Waals surface area contributed by atoms with Crippen LogP contribution in [-0.4, -0.2) is 36.9 Å². The van der Waals surface area contributed by atoms with Crippen LogP contribution in [0.15, 0.2) is 12.7 Å². The van der Waals surface area contributed by atoms with Crippen LogP contribution >= 0.6 is 7.60 Å². The van der Waals surface area contributed by atoms with Gasteiger partial charge in [-0.3, -0.25) is 0 Å². The Labute approximate surface area is 158 Å². The molecule has 0 amide bonds. The number of hydrogen-bond donors (Lipinski definition) is 2. The van der Waals surface area contributed by atoms with Crippen LogP contribution in [0.2, 0.25) is 0 Å². The molecule has 2 rings (SSSR count). The normalized spacial score (nSPS) is 12.6. The molecule has 0 fully saturated rings. The molecule has 20 heavy (non-hydrogen) atoms. The van der Waals surface area contributed by atoms with Crippen LogP contribution in [0, 0.1) is 0 Å². The first-order valence-corrected chi connectivity index (χ1v) is 6.70. The summed E-state index contributed by atoms with van der Waals surface area (Å²) < 4.78 is 11.9. The molecule has 0 unspecified atom stereocenters. The molecular formula is C8H10N5Na2O4P. The summed E-state index contributed by atoms with van der Waals surface area (Å²) in [6, 6.07) is 0. The average molecular weight is 317 g/mol. The maximum Gasteiger partial charge on any atom is 1.00 e. The number of hydrogen-bond acceptors (Lipinski definition) is 8. The molecule has 12 heteroatoms. The van der Waals surface area contributed by atoms with E-state index in [1.165, 1.54) is 17.2 Å². The summed E-state index contributed by atoms with van der Waals surface area (Å²) in [5.41, 5.74) is 6.30. The summed E-state index contributed by atoms with van der Waals surface area (Å²) in [4.78, 5) is 32.7. The van der Waals surface area contributed by atoms with Crippen molar-refractivity contribution in [2.75, 3.05) is 11.9 Å². The summed E-state index contributed by atoms with van der Waals surface area (Å²) in [6.45, 7) is -0.110. The molecule has 0 spiro atoms. The molecule has 98 valence electrons. The summed E-state index contributed by atoms with van der Waals surface area (Å²) in [7, 11) is -4.75. The van der Waals surface area contributed by atoms with Gasteiger partial charge in [-0.1, -0.05) is 7.60 Å². The SMILES string of the molecule is Nc1ncnc2c1ncn2C[C@H](O)CP(=O)([O-])[O-].[Na+].[Na+]. The molecule has 0 aliphatic rings. The van der Waals surface area contributed by atoms with E-state index in [9.17, 15) is 19.5 Å². The molecule has 0 bridgehead atoms. The van der Waals surface area contributed by atoms with Crippen LogP contribution < -0.4 is 74.6 Å². The quantitative estimate of drug-likeness (QED) is 0.416. The second kappa shape index (κ2) is 8.19. The summed E-state index contributed by atoms with van der Waals surface area (Å²) in [6.07, 6.45) is 0.417. The number of aliphatic hydroxyl groups excluding tert-OH is 1. The minimum absolute atomic E-state index is 0. The van der Waals surface area contributed by atoms with E-state index in [0.717, 1.165) is 0 Å². The Morgan fingerprint density at radius 3 is 2.60 bits per heavy atom. The molecule has 0 aliphatic carbocycles. The van der Waals surface area contributed by atoms with Crippen LogP contribution in [0.25, 0.3) is 11.2 Å².